The second kappa shape index (κ2) is 3.45. The van der Waals surface area contributed by atoms with Gasteiger partial charge in [-0.15, -0.1) is 0 Å². The van der Waals surface area contributed by atoms with E-state index in [-0.39, 0.29) is 0 Å². The van der Waals surface area contributed by atoms with Crippen molar-refractivity contribution >= 4 is 11.2 Å². The number of hydrogen-bond donors (Lipinski definition) is 1. The highest BCUT2D eigenvalue weighted by molar-refractivity contribution is 5.77. The minimum absolute atomic E-state index is 0.760. The van der Waals surface area contributed by atoms with Crippen LogP contribution in [0, 0.1) is 6.92 Å². The van der Waals surface area contributed by atoms with Crippen molar-refractivity contribution in [2.75, 3.05) is 0 Å². The maximum Gasteiger partial charge on any atom is 0.177 e. The van der Waals surface area contributed by atoms with Crippen molar-refractivity contribution in [3.8, 4) is 11.1 Å². The number of hydrogen-bond acceptors (Lipinski definition) is 2. The average Bonchev–Trinajstić information content (AvgIpc) is 2.77. The van der Waals surface area contributed by atoms with E-state index in [2.05, 4.69) is 52.2 Å². The molecule has 0 radical (unpaired) electrons. The Labute approximate surface area is 93.2 Å². The molecule has 0 aliphatic heterocycles. The minimum atomic E-state index is 0.760. The van der Waals surface area contributed by atoms with Crippen LogP contribution in [0.25, 0.3) is 22.3 Å². The molecule has 3 heteroatoms. The Kier molecular flexibility index (Phi) is 1.96. The van der Waals surface area contributed by atoms with E-state index in [1.54, 1.807) is 6.33 Å². The van der Waals surface area contributed by atoms with Gasteiger partial charge < -0.3 is 4.98 Å². The Hall–Kier alpha value is -2.16. The summed E-state index contributed by atoms with van der Waals surface area (Å²) in [6, 6.07) is 10.5. The summed E-state index contributed by atoms with van der Waals surface area (Å²) in [6.45, 7) is 2.08. The van der Waals surface area contributed by atoms with Gasteiger partial charge in [0.2, 0.25) is 0 Å². The van der Waals surface area contributed by atoms with Crippen LogP contribution < -0.4 is 0 Å². The van der Waals surface area contributed by atoms with Crippen LogP contribution in [-0.4, -0.2) is 15.0 Å². The van der Waals surface area contributed by atoms with Crippen LogP contribution in [0.1, 0.15) is 5.56 Å². The molecule has 0 aliphatic carbocycles. The SMILES string of the molecule is Cc1ccc(-c2cnc3nc[nH]c3c2)cc1. The Morgan fingerprint density at radius 1 is 1.00 bits per heavy atom. The molecule has 0 atom stereocenters. The highest BCUT2D eigenvalue weighted by Crippen LogP contribution is 2.21. The maximum atomic E-state index is 4.30. The fourth-order valence-electron chi connectivity index (χ4n) is 1.73. The van der Waals surface area contributed by atoms with Crippen molar-refractivity contribution in [2.45, 2.75) is 6.92 Å². The van der Waals surface area contributed by atoms with Crippen LogP contribution in [0.4, 0.5) is 0 Å². The van der Waals surface area contributed by atoms with Gasteiger partial charge in [-0.1, -0.05) is 29.8 Å². The van der Waals surface area contributed by atoms with E-state index in [0.29, 0.717) is 0 Å². The van der Waals surface area contributed by atoms with Crippen LogP contribution in [0.5, 0.6) is 0 Å². The first-order chi connectivity index (χ1) is 7.83. The average molecular weight is 209 g/mol. The molecule has 1 N–H and O–H groups in total. The van der Waals surface area contributed by atoms with Crippen molar-refractivity contribution < 1.29 is 0 Å². The number of aromatic nitrogens is 3. The standard InChI is InChI=1S/C13H11N3/c1-9-2-4-10(5-3-9)11-6-12-13(14-7-11)16-8-15-12/h2-8H,1H3,(H,14,15,16). The first-order valence-corrected chi connectivity index (χ1v) is 5.19. The lowest BCUT2D eigenvalue weighted by Crippen LogP contribution is -1.82. The maximum absolute atomic E-state index is 4.30. The van der Waals surface area contributed by atoms with Gasteiger partial charge in [0.05, 0.1) is 11.8 Å². The van der Waals surface area contributed by atoms with Gasteiger partial charge in [-0.25, -0.2) is 9.97 Å². The zero-order valence-corrected chi connectivity index (χ0v) is 8.94. The number of nitrogens with one attached hydrogen (secondary N) is 1. The Balaban J connectivity index is 2.14. The lowest BCUT2D eigenvalue weighted by Gasteiger charge is -2.01. The highest BCUT2D eigenvalue weighted by atomic mass is 14.9. The molecule has 2 aromatic heterocycles. The molecule has 0 saturated heterocycles. The molecule has 0 aliphatic rings. The lowest BCUT2D eigenvalue weighted by atomic mass is 10.1. The number of aromatic amines is 1. The predicted molar refractivity (Wildman–Crippen MR) is 64.1 cm³/mol. The third kappa shape index (κ3) is 1.46. The van der Waals surface area contributed by atoms with E-state index in [4.69, 9.17) is 0 Å². The van der Waals surface area contributed by atoms with E-state index < -0.39 is 0 Å². The third-order valence-electron chi connectivity index (χ3n) is 2.66. The molecule has 0 saturated carbocycles. The van der Waals surface area contributed by atoms with Crippen LogP contribution in [0.2, 0.25) is 0 Å². The molecule has 16 heavy (non-hydrogen) atoms. The number of imidazole rings is 1. The molecule has 0 spiro atoms. The van der Waals surface area contributed by atoms with Crippen molar-refractivity contribution in [3.05, 3.63) is 48.4 Å². The summed E-state index contributed by atoms with van der Waals surface area (Å²) in [4.78, 5) is 11.5. The Morgan fingerprint density at radius 2 is 1.81 bits per heavy atom. The monoisotopic (exact) mass is 209 g/mol. The van der Waals surface area contributed by atoms with Crippen molar-refractivity contribution in [1.82, 2.24) is 15.0 Å². The summed E-state index contributed by atoms with van der Waals surface area (Å²) in [5.41, 5.74) is 5.28. The minimum Gasteiger partial charge on any atom is -0.343 e. The van der Waals surface area contributed by atoms with Crippen LogP contribution in [-0.2, 0) is 0 Å². The van der Waals surface area contributed by atoms with Gasteiger partial charge in [-0.3, -0.25) is 0 Å². The second-order valence-corrected chi connectivity index (χ2v) is 3.86. The molecule has 78 valence electrons. The third-order valence-corrected chi connectivity index (χ3v) is 2.66. The number of H-pyrrole nitrogens is 1. The van der Waals surface area contributed by atoms with Crippen LogP contribution in [0.3, 0.4) is 0 Å². The number of fused-ring (bicyclic) bond motifs is 1. The van der Waals surface area contributed by atoms with Crippen molar-refractivity contribution in [1.29, 1.82) is 0 Å². The first-order valence-electron chi connectivity index (χ1n) is 5.19. The van der Waals surface area contributed by atoms with Crippen molar-refractivity contribution in [3.63, 3.8) is 0 Å². The van der Waals surface area contributed by atoms with Gasteiger partial charge in [0.15, 0.2) is 5.65 Å². The van der Waals surface area contributed by atoms with E-state index in [0.717, 1.165) is 16.7 Å². The van der Waals surface area contributed by atoms with E-state index >= 15 is 0 Å². The van der Waals surface area contributed by atoms with Gasteiger partial charge in [0.25, 0.3) is 0 Å². The smallest absolute Gasteiger partial charge is 0.177 e. The highest BCUT2D eigenvalue weighted by Gasteiger charge is 2.01. The number of pyridine rings is 1. The molecule has 3 rings (SSSR count). The zero-order chi connectivity index (χ0) is 11.0. The summed E-state index contributed by atoms with van der Waals surface area (Å²) >= 11 is 0. The molecule has 0 amide bonds. The molecular weight excluding hydrogens is 198 g/mol. The first kappa shape index (κ1) is 9.09. The number of aryl methyl sites for hydroxylation is 1. The summed E-state index contributed by atoms with van der Waals surface area (Å²) in [5.74, 6) is 0. The van der Waals surface area contributed by atoms with Crippen LogP contribution in [0.15, 0.2) is 42.9 Å². The van der Waals surface area contributed by atoms with Gasteiger partial charge in [-0.05, 0) is 18.6 Å². The normalized spacial score (nSPS) is 10.8. The number of rotatable bonds is 1. The predicted octanol–water partition coefficient (Wildman–Crippen LogP) is 2.93. The Bertz CT molecular complexity index is 623. The van der Waals surface area contributed by atoms with Gasteiger partial charge in [-0.2, -0.15) is 0 Å². The summed E-state index contributed by atoms with van der Waals surface area (Å²) in [7, 11) is 0. The lowest BCUT2D eigenvalue weighted by molar-refractivity contribution is 1.30. The van der Waals surface area contributed by atoms with Crippen LogP contribution >= 0.6 is 0 Å². The molecule has 0 fully saturated rings. The van der Waals surface area contributed by atoms with Gasteiger partial charge in [0, 0.05) is 11.8 Å². The summed E-state index contributed by atoms with van der Waals surface area (Å²) < 4.78 is 0. The summed E-state index contributed by atoms with van der Waals surface area (Å²) in [5, 5.41) is 0. The fourth-order valence-corrected chi connectivity index (χ4v) is 1.73. The zero-order valence-electron chi connectivity index (χ0n) is 8.94. The van der Waals surface area contributed by atoms with E-state index in [1.165, 1.54) is 11.1 Å². The number of nitrogens with zero attached hydrogens (tertiary/aromatic N) is 2. The largest absolute Gasteiger partial charge is 0.343 e. The molecular formula is C13H11N3. The van der Waals surface area contributed by atoms with E-state index in [9.17, 15) is 0 Å². The molecule has 2 heterocycles. The molecule has 3 nitrogen and oxygen atoms in total. The van der Waals surface area contributed by atoms with Gasteiger partial charge >= 0.3 is 0 Å². The molecule has 3 aromatic rings. The topological polar surface area (TPSA) is 41.6 Å². The van der Waals surface area contributed by atoms with E-state index in [1.807, 2.05) is 6.20 Å². The molecule has 0 unspecified atom stereocenters. The molecule has 1 aromatic carbocycles. The van der Waals surface area contributed by atoms with Crippen molar-refractivity contribution in [2.24, 2.45) is 0 Å². The van der Waals surface area contributed by atoms with Gasteiger partial charge in [0.1, 0.15) is 0 Å². The summed E-state index contributed by atoms with van der Waals surface area (Å²) in [6.07, 6.45) is 3.52. The number of benzene rings is 1. The fraction of sp³-hybridized carbons (Fsp3) is 0.0769. The second-order valence-electron chi connectivity index (χ2n) is 3.86. The molecule has 0 bridgehead atoms. The Morgan fingerprint density at radius 3 is 2.62 bits per heavy atom. The quantitative estimate of drug-likeness (QED) is 0.669.